The molecule has 70 valence electrons. The lowest BCUT2D eigenvalue weighted by atomic mass is 9.87. The van der Waals surface area contributed by atoms with Gasteiger partial charge in [0.25, 0.3) is 0 Å². The minimum absolute atomic E-state index is 0.310. The summed E-state index contributed by atoms with van der Waals surface area (Å²) in [4.78, 5) is 1.97. The van der Waals surface area contributed by atoms with Crippen molar-refractivity contribution in [3.05, 3.63) is 36.5 Å². The maximum absolute atomic E-state index is 9.14. The number of fused-ring (bicyclic) bond motifs is 3. The summed E-state index contributed by atoms with van der Waals surface area (Å²) in [6.07, 6.45) is 16.4. The SMILES string of the molecule is N#CN1C2C=CC=CC2C2C=CCC21. The Balaban J connectivity index is 2.01. The third-order valence-electron chi connectivity index (χ3n) is 3.57. The molecule has 0 radical (unpaired) electrons. The third-order valence-corrected chi connectivity index (χ3v) is 3.57. The van der Waals surface area contributed by atoms with Gasteiger partial charge < -0.3 is 0 Å². The molecule has 3 aliphatic rings. The van der Waals surface area contributed by atoms with Gasteiger partial charge in [-0.1, -0.05) is 36.5 Å². The van der Waals surface area contributed by atoms with E-state index in [4.69, 9.17) is 5.26 Å². The summed E-state index contributed by atoms with van der Waals surface area (Å²) in [7, 11) is 0. The van der Waals surface area contributed by atoms with E-state index in [0.717, 1.165) is 6.42 Å². The molecular formula is C12H12N2. The van der Waals surface area contributed by atoms with Crippen molar-refractivity contribution in [1.82, 2.24) is 4.90 Å². The van der Waals surface area contributed by atoms with Crippen molar-refractivity contribution >= 4 is 0 Å². The van der Waals surface area contributed by atoms with E-state index >= 15 is 0 Å². The normalized spacial score (nSPS) is 42.4. The molecule has 2 nitrogen and oxygen atoms in total. The van der Waals surface area contributed by atoms with Crippen molar-refractivity contribution in [3.63, 3.8) is 0 Å². The Kier molecular flexibility index (Phi) is 1.55. The molecule has 0 amide bonds. The molecule has 1 fully saturated rings. The predicted molar refractivity (Wildman–Crippen MR) is 54.0 cm³/mol. The molecule has 0 aromatic carbocycles. The largest absolute Gasteiger partial charge is 0.299 e. The molecular weight excluding hydrogens is 172 g/mol. The lowest BCUT2D eigenvalue weighted by Crippen LogP contribution is -2.32. The van der Waals surface area contributed by atoms with E-state index in [1.165, 1.54) is 0 Å². The number of nitrogens with zero attached hydrogens (tertiary/aromatic N) is 2. The summed E-state index contributed by atoms with van der Waals surface area (Å²) < 4.78 is 0. The molecule has 3 rings (SSSR count). The van der Waals surface area contributed by atoms with Crippen LogP contribution in [0.25, 0.3) is 0 Å². The fourth-order valence-electron chi connectivity index (χ4n) is 2.95. The van der Waals surface area contributed by atoms with Crippen LogP contribution in [-0.4, -0.2) is 17.0 Å². The van der Waals surface area contributed by atoms with Gasteiger partial charge >= 0.3 is 0 Å². The van der Waals surface area contributed by atoms with Crippen LogP contribution in [0.4, 0.5) is 0 Å². The summed E-state index contributed by atoms with van der Waals surface area (Å²) in [6.45, 7) is 0. The quantitative estimate of drug-likeness (QED) is 0.424. The third kappa shape index (κ3) is 0.846. The van der Waals surface area contributed by atoms with Crippen LogP contribution >= 0.6 is 0 Å². The molecule has 2 heteroatoms. The van der Waals surface area contributed by atoms with E-state index in [1.54, 1.807) is 0 Å². The van der Waals surface area contributed by atoms with Gasteiger partial charge in [-0.25, -0.2) is 0 Å². The van der Waals surface area contributed by atoms with Gasteiger partial charge in [0.15, 0.2) is 6.19 Å². The topological polar surface area (TPSA) is 27.0 Å². The van der Waals surface area contributed by atoms with E-state index < -0.39 is 0 Å². The molecule has 0 spiro atoms. The van der Waals surface area contributed by atoms with Crippen LogP contribution in [0.1, 0.15) is 6.42 Å². The zero-order valence-electron chi connectivity index (χ0n) is 7.88. The summed E-state index contributed by atoms with van der Waals surface area (Å²) in [6, 6.07) is 0.729. The van der Waals surface area contributed by atoms with E-state index in [1.807, 2.05) is 4.90 Å². The standard InChI is InChI=1S/C12H12N2/c13-8-14-11-6-2-1-4-9(11)10-5-3-7-12(10)14/h1-6,9-12H,7H2. The Morgan fingerprint density at radius 1 is 1.14 bits per heavy atom. The average molecular weight is 184 g/mol. The minimum atomic E-state index is 0.310. The molecule has 0 aromatic heterocycles. The molecule has 0 aromatic rings. The summed E-state index contributed by atoms with van der Waals surface area (Å²) in [5, 5.41) is 9.14. The number of rotatable bonds is 0. The van der Waals surface area contributed by atoms with Gasteiger partial charge in [-0.15, -0.1) is 0 Å². The first-order valence-corrected chi connectivity index (χ1v) is 5.11. The van der Waals surface area contributed by atoms with Crippen LogP contribution in [-0.2, 0) is 0 Å². The number of hydrogen-bond acceptors (Lipinski definition) is 2. The summed E-state index contributed by atoms with van der Waals surface area (Å²) in [5.74, 6) is 1.07. The van der Waals surface area contributed by atoms with Gasteiger partial charge in [0.1, 0.15) is 0 Å². The zero-order chi connectivity index (χ0) is 9.54. The second kappa shape index (κ2) is 2.75. The van der Waals surface area contributed by atoms with Crippen LogP contribution < -0.4 is 0 Å². The first-order valence-electron chi connectivity index (χ1n) is 5.11. The molecule has 1 aliphatic heterocycles. The van der Waals surface area contributed by atoms with Gasteiger partial charge in [-0.3, -0.25) is 4.90 Å². The molecule has 0 N–H and O–H groups in total. The van der Waals surface area contributed by atoms with Gasteiger partial charge in [-0.05, 0) is 6.42 Å². The number of likely N-dealkylation sites (tertiary alicyclic amines) is 1. The maximum Gasteiger partial charge on any atom is 0.180 e. The van der Waals surface area contributed by atoms with E-state index in [-0.39, 0.29) is 0 Å². The first-order chi connectivity index (χ1) is 6.92. The highest BCUT2D eigenvalue weighted by atomic mass is 15.2. The summed E-state index contributed by atoms with van der Waals surface area (Å²) in [5.41, 5.74) is 0. The van der Waals surface area contributed by atoms with Gasteiger partial charge in [0.2, 0.25) is 0 Å². The van der Waals surface area contributed by atoms with Crippen molar-refractivity contribution in [2.45, 2.75) is 18.5 Å². The highest BCUT2D eigenvalue weighted by Crippen LogP contribution is 2.43. The van der Waals surface area contributed by atoms with Crippen molar-refractivity contribution in [2.24, 2.45) is 11.8 Å². The van der Waals surface area contributed by atoms with Crippen molar-refractivity contribution in [3.8, 4) is 6.19 Å². The van der Waals surface area contributed by atoms with Crippen LogP contribution in [0, 0.1) is 23.3 Å². The van der Waals surface area contributed by atoms with Gasteiger partial charge in [0.05, 0.1) is 12.1 Å². The number of nitriles is 1. The zero-order valence-corrected chi connectivity index (χ0v) is 7.88. The van der Waals surface area contributed by atoms with E-state index in [0.29, 0.717) is 23.9 Å². The Morgan fingerprint density at radius 3 is 2.86 bits per heavy atom. The number of allylic oxidation sites excluding steroid dienone is 2. The van der Waals surface area contributed by atoms with Crippen molar-refractivity contribution < 1.29 is 0 Å². The van der Waals surface area contributed by atoms with Crippen LogP contribution in [0.15, 0.2) is 36.5 Å². The van der Waals surface area contributed by atoms with Crippen LogP contribution in [0.3, 0.4) is 0 Å². The molecule has 4 unspecified atom stereocenters. The Hall–Kier alpha value is -1.49. The molecule has 1 saturated heterocycles. The predicted octanol–water partition coefficient (Wildman–Crippen LogP) is 1.84. The highest BCUT2D eigenvalue weighted by molar-refractivity contribution is 5.29. The maximum atomic E-state index is 9.14. The number of hydrogen-bond donors (Lipinski definition) is 0. The molecule has 2 aliphatic carbocycles. The van der Waals surface area contributed by atoms with E-state index in [9.17, 15) is 0 Å². The first kappa shape index (κ1) is 7.87. The second-order valence-corrected chi connectivity index (χ2v) is 4.15. The van der Waals surface area contributed by atoms with Crippen LogP contribution in [0.5, 0.6) is 0 Å². The highest BCUT2D eigenvalue weighted by Gasteiger charge is 2.46. The van der Waals surface area contributed by atoms with Crippen molar-refractivity contribution in [1.29, 1.82) is 5.26 Å². The Labute approximate surface area is 83.8 Å². The minimum Gasteiger partial charge on any atom is -0.299 e. The fourth-order valence-corrected chi connectivity index (χ4v) is 2.95. The summed E-state index contributed by atoms with van der Waals surface area (Å²) >= 11 is 0. The van der Waals surface area contributed by atoms with Gasteiger partial charge in [0, 0.05) is 11.8 Å². The average Bonchev–Trinajstić information content (AvgIpc) is 2.77. The molecule has 1 heterocycles. The van der Waals surface area contributed by atoms with E-state index in [2.05, 4.69) is 42.6 Å². The lowest BCUT2D eigenvalue weighted by Gasteiger charge is -2.23. The molecule has 0 bridgehead atoms. The molecule has 0 saturated carbocycles. The Bertz CT molecular complexity index is 372. The lowest BCUT2D eigenvalue weighted by molar-refractivity contribution is 0.314. The molecule has 14 heavy (non-hydrogen) atoms. The molecule has 4 atom stereocenters. The smallest absolute Gasteiger partial charge is 0.180 e. The second-order valence-electron chi connectivity index (χ2n) is 4.15. The van der Waals surface area contributed by atoms with Gasteiger partial charge in [-0.2, -0.15) is 5.26 Å². The monoisotopic (exact) mass is 184 g/mol. The fraction of sp³-hybridized carbons (Fsp3) is 0.417. The van der Waals surface area contributed by atoms with Crippen LogP contribution in [0.2, 0.25) is 0 Å². The Morgan fingerprint density at radius 2 is 2.00 bits per heavy atom. The van der Waals surface area contributed by atoms with Crippen molar-refractivity contribution in [2.75, 3.05) is 0 Å².